The number of benzene rings is 4. The predicted molar refractivity (Wildman–Crippen MR) is 202 cm³/mol. The number of hydrogen-bond acceptors (Lipinski definition) is 3. The van der Waals surface area contributed by atoms with Crippen molar-refractivity contribution in [1.29, 1.82) is 0 Å². The van der Waals surface area contributed by atoms with E-state index < -0.39 is 14.0 Å². The number of aryl methyl sites for hydroxylation is 2. The Morgan fingerprint density at radius 2 is 1.49 bits per heavy atom. The second-order valence-electron chi connectivity index (χ2n) is 13.0. The Kier molecular flexibility index (Phi) is 10.3. The van der Waals surface area contributed by atoms with Crippen LogP contribution in [-0.2, 0) is 20.1 Å². The molecule has 7 aromatic rings. The second kappa shape index (κ2) is 14.6. The zero-order valence-corrected chi connectivity index (χ0v) is 32.2. The van der Waals surface area contributed by atoms with E-state index in [-0.39, 0.29) is 20.1 Å². The Hall–Kier alpha value is -3.73. The Bertz CT molecular complexity index is 2180. The maximum atomic E-state index is 8.39. The summed E-state index contributed by atoms with van der Waals surface area (Å²) >= 11 is 1.81. The van der Waals surface area contributed by atoms with Crippen molar-refractivity contribution in [2.24, 2.45) is 0 Å². The van der Waals surface area contributed by atoms with E-state index in [0.29, 0.717) is 0 Å². The van der Waals surface area contributed by atoms with Crippen LogP contribution in [0.15, 0.2) is 109 Å². The molecule has 3 aromatic heterocycles. The summed E-state index contributed by atoms with van der Waals surface area (Å²) in [6, 6.07) is 40.0. The Balaban J connectivity index is 0.000000214. The number of fused-ring (bicyclic) bond motifs is 3. The SMILES string of the molecule is Cc1cc(-c2[c-]cccc2)ncc1[Si](C)(C)C.[2H]C(C)(C)c1ccnc(-c2[c-]ccc3c2sc2c(-c4ccccc4)c(C)ccc23)c1.[Ir]. The summed E-state index contributed by atoms with van der Waals surface area (Å²) in [7, 11) is -1.27. The Morgan fingerprint density at radius 3 is 2.17 bits per heavy atom. The number of hydrogen-bond donors (Lipinski definition) is 0. The molecule has 0 atom stereocenters. The van der Waals surface area contributed by atoms with E-state index in [0.717, 1.165) is 28.1 Å². The average molecular weight is 826 g/mol. The minimum atomic E-state index is -1.27. The van der Waals surface area contributed by atoms with Gasteiger partial charge in [-0.15, -0.1) is 59.7 Å². The molecule has 0 saturated carbocycles. The summed E-state index contributed by atoms with van der Waals surface area (Å²) in [6.07, 6.45) is 3.86. The predicted octanol–water partition coefficient (Wildman–Crippen LogP) is 11.4. The monoisotopic (exact) mass is 826 g/mol. The number of thiophene rings is 1. The summed E-state index contributed by atoms with van der Waals surface area (Å²) < 4.78 is 10.9. The average Bonchev–Trinajstić information content (AvgIpc) is 3.43. The van der Waals surface area contributed by atoms with Gasteiger partial charge in [0.05, 0.1) is 8.07 Å². The molecule has 3 heterocycles. The molecule has 4 aromatic carbocycles. The van der Waals surface area contributed by atoms with Gasteiger partial charge in [0.15, 0.2) is 0 Å². The van der Waals surface area contributed by atoms with Gasteiger partial charge in [0.25, 0.3) is 0 Å². The van der Waals surface area contributed by atoms with Gasteiger partial charge in [0, 0.05) is 44.1 Å². The van der Waals surface area contributed by atoms with E-state index in [4.69, 9.17) is 1.37 Å². The van der Waals surface area contributed by atoms with Crippen LogP contribution in [0.5, 0.6) is 0 Å². The van der Waals surface area contributed by atoms with Crippen LogP contribution in [0.25, 0.3) is 53.8 Å². The fourth-order valence-electron chi connectivity index (χ4n) is 5.98. The molecule has 0 fully saturated rings. The molecule has 2 nitrogen and oxygen atoms in total. The van der Waals surface area contributed by atoms with E-state index in [2.05, 4.69) is 122 Å². The summed E-state index contributed by atoms with van der Waals surface area (Å²) in [5.74, 6) is -0.663. The molecule has 0 unspecified atom stereocenters. The first kappa shape index (κ1) is 33.2. The molecule has 7 rings (SSSR count). The first-order valence-corrected chi connectivity index (χ1v) is 20.1. The van der Waals surface area contributed by atoms with Crippen LogP contribution in [0.4, 0.5) is 0 Å². The fourth-order valence-corrected chi connectivity index (χ4v) is 9.11. The van der Waals surface area contributed by atoms with Crippen molar-refractivity contribution in [2.45, 2.75) is 53.2 Å². The topological polar surface area (TPSA) is 25.8 Å². The maximum Gasteiger partial charge on any atom is 0.0798 e. The van der Waals surface area contributed by atoms with Crippen molar-refractivity contribution in [3.8, 4) is 33.6 Å². The third kappa shape index (κ3) is 7.39. The molecule has 239 valence electrons. The zero-order chi connectivity index (χ0) is 33.3. The van der Waals surface area contributed by atoms with Crippen LogP contribution in [0.2, 0.25) is 19.6 Å². The minimum absolute atomic E-state index is 0. The molecule has 1 radical (unpaired) electrons. The molecule has 0 aliphatic carbocycles. The van der Waals surface area contributed by atoms with Crippen LogP contribution in [0, 0.1) is 26.0 Å². The first-order valence-electron chi connectivity index (χ1n) is 16.2. The van der Waals surface area contributed by atoms with Crippen molar-refractivity contribution in [3.05, 3.63) is 138 Å². The number of nitrogens with zero attached hydrogens (tertiary/aromatic N) is 2. The molecule has 5 heteroatoms. The van der Waals surface area contributed by atoms with Crippen LogP contribution in [0.1, 0.15) is 37.8 Å². The van der Waals surface area contributed by atoms with Crippen molar-refractivity contribution in [2.75, 3.05) is 0 Å². The van der Waals surface area contributed by atoms with Gasteiger partial charge in [-0.05, 0) is 63.6 Å². The van der Waals surface area contributed by atoms with Crippen LogP contribution >= 0.6 is 11.3 Å². The van der Waals surface area contributed by atoms with Gasteiger partial charge in [-0.25, -0.2) is 0 Å². The first-order chi connectivity index (χ1) is 22.4. The van der Waals surface area contributed by atoms with Crippen molar-refractivity contribution in [3.63, 3.8) is 0 Å². The molecule has 47 heavy (non-hydrogen) atoms. The van der Waals surface area contributed by atoms with Gasteiger partial charge in [0.1, 0.15) is 0 Å². The molecule has 0 aliphatic rings. The summed E-state index contributed by atoms with van der Waals surface area (Å²) in [6.45, 7) is 15.2. The minimum Gasteiger partial charge on any atom is -0.305 e. The summed E-state index contributed by atoms with van der Waals surface area (Å²) in [5.41, 5.74) is 10.1. The Labute approximate surface area is 299 Å². The fraction of sp³-hybridized carbons (Fsp3) is 0.190. The van der Waals surface area contributed by atoms with E-state index in [9.17, 15) is 0 Å². The molecular formula is C42H40IrN2SSi-2. The molecule has 0 N–H and O–H groups in total. The van der Waals surface area contributed by atoms with E-state index in [1.165, 1.54) is 47.6 Å². The van der Waals surface area contributed by atoms with E-state index in [1.54, 1.807) is 6.20 Å². The van der Waals surface area contributed by atoms with Gasteiger partial charge < -0.3 is 9.97 Å². The van der Waals surface area contributed by atoms with Crippen LogP contribution in [-0.4, -0.2) is 18.0 Å². The molecule has 0 amide bonds. The zero-order valence-electron chi connectivity index (χ0n) is 29.0. The van der Waals surface area contributed by atoms with Crippen LogP contribution < -0.4 is 5.19 Å². The number of pyridine rings is 2. The van der Waals surface area contributed by atoms with Crippen molar-refractivity contribution >= 4 is 44.8 Å². The Morgan fingerprint density at radius 1 is 0.745 bits per heavy atom. The van der Waals surface area contributed by atoms with Gasteiger partial charge in [-0.2, -0.15) is 11.3 Å². The smallest absolute Gasteiger partial charge is 0.0798 e. The summed E-state index contributed by atoms with van der Waals surface area (Å²) in [4.78, 5) is 9.21. The van der Waals surface area contributed by atoms with Gasteiger partial charge in [0.2, 0.25) is 0 Å². The van der Waals surface area contributed by atoms with Gasteiger partial charge in [-0.1, -0.05) is 105 Å². The van der Waals surface area contributed by atoms with Gasteiger partial charge >= 0.3 is 0 Å². The summed E-state index contributed by atoms with van der Waals surface area (Å²) in [5, 5.41) is 3.95. The van der Waals surface area contributed by atoms with Crippen molar-refractivity contribution < 1.29 is 21.5 Å². The molecule has 0 bridgehead atoms. The molecule has 0 saturated heterocycles. The number of rotatable bonds is 5. The van der Waals surface area contributed by atoms with Gasteiger partial charge in [-0.3, -0.25) is 0 Å². The maximum absolute atomic E-state index is 8.39. The molecule has 0 spiro atoms. The van der Waals surface area contributed by atoms with Crippen LogP contribution in [0.3, 0.4) is 0 Å². The largest absolute Gasteiger partial charge is 0.305 e. The standard InChI is InChI=1S/C27H22NS.C15H18NSi.Ir/c1-17(2)20-14-15-28-24(16-20)23-11-7-10-21-22-13-12-18(3)25(27(22)29-26(21)23)19-8-5-4-6-9-19;1-12-10-14(13-8-6-5-7-9-13)16-11-15(12)17(2,3)4;/h4-10,12-17H,1-3H3;5-8,10-11H,1-4H3;/q2*-1;/i17D;;. The van der Waals surface area contributed by atoms with E-state index >= 15 is 0 Å². The normalized spacial score (nSPS) is 11.9. The quantitative estimate of drug-likeness (QED) is 0.128. The number of aromatic nitrogens is 2. The third-order valence-electron chi connectivity index (χ3n) is 8.37. The second-order valence-corrected chi connectivity index (χ2v) is 19.1. The third-order valence-corrected chi connectivity index (χ3v) is 11.8. The van der Waals surface area contributed by atoms with Crippen molar-refractivity contribution in [1.82, 2.24) is 9.97 Å². The molecule has 0 aliphatic heterocycles. The van der Waals surface area contributed by atoms with E-state index in [1.807, 2.05) is 61.6 Å². The molecular weight excluding hydrogens is 785 g/mol.